The van der Waals surface area contributed by atoms with Crippen LogP contribution in [0.5, 0.6) is 0 Å². The molecule has 1 aliphatic carbocycles. The summed E-state index contributed by atoms with van der Waals surface area (Å²) in [5.74, 6) is 0. The lowest BCUT2D eigenvalue weighted by Crippen LogP contribution is -2.25. The molecule has 3 N–H and O–H groups in total. The molecule has 0 radical (unpaired) electrons. The fraction of sp³-hybridized carbons (Fsp3) is 0.462. The highest BCUT2D eigenvalue weighted by molar-refractivity contribution is 7.98. The topological polar surface area (TPSA) is 94.0 Å². The van der Waals surface area contributed by atoms with E-state index in [1.54, 1.807) is 10.8 Å². The molecular formula is C13H16N4O2S. The van der Waals surface area contributed by atoms with E-state index in [0.29, 0.717) is 34.7 Å². The second-order valence-corrected chi connectivity index (χ2v) is 5.80. The van der Waals surface area contributed by atoms with E-state index in [9.17, 15) is 9.90 Å². The number of anilines is 1. The van der Waals surface area contributed by atoms with Crippen molar-refractivity contribution >= 4 is 28.5 Å². The van der Waals surface area contributed by atoms with Gasteiger partial charge in [0, 0.05) is 24.0 Å². The van der Waals surface area contributed by atoms with E-state index >= 15 is 0 Å². The van der Waals surface area contributed by atoms with Gasteiger partial charge in [-0.15, -0.1) is 0 Å². The average molecular weight is 292 g/mol. The largest absolute Gasteiger partial charge is 0.398 e. The molecule has 0 aromatic carbocycles. The minimum atomic E-state index is -0.346. The van der Waals surface area contributed by atoms with Gasteiger partial charge in [0.05, 0.1) is 11.5 Å². The van der Waals surface area contributed by atoms with Crippen LogP contribution in [0, 0.1) is 0 Å². The van der Waals surface area contributed by atoms with Crippen molar-refractivity contribution < 1.29 is 5.11 Å². The number of hydrogen-bond acceptors (Lipinski definition) is 6. The molecule has 20 heavy (non-hydrogen) atoms. The smallest absolute Gasteiger partial charge is 0.254 e. The Morgan fingerprint density at radius 1 is 1.50 bits per heavy atom. The van der Waals surface area contributed by atoms with Gasteiger partial charge in [-0.2, -0.15) is 0 Å². The third-order valence-corrected chi connectivity index (χ3v) is 4.29. The molecule has 0 spiro atoms. The van der Waals surface area contributed by atoms with Crippen LogP contribution < -0.4 is 11.3 Å². The van der Waals surface area contributed by atoms with E-state index in [2.05, 4.69) is 9.97 Å². The zero-order valence-corrected chi connectivity index (χ0v) is 11.9. The molecule has 106 valence electrons. The molecule has 2 aromatic rings. The van der Waals surface area contributed by atoms with Gasteiger partial charge in [-0.1, -0.05) is 11.8 Å². The molecule has 3 rings (SSSR count). The van der Waals surface area contributed by atoms with Crippen molar-refractivity contribution in [2.24, 2.45) is 0 Å². The molecule has 1 fully saturated rings. The fourth-order valence-corrected chi connectivity index (χ4v) is 3.09. The highest BCUT2D eigenvalue weighted by atomic mass is 32.2. The molecule has 6 nitrogen and oxygen atoms in total. The van der Waals surface area contributed by atoms with Crippen LogP contribution in [0.2, 0.25) is 0 Å². The average Bonchev–Trinajstić information content (AvgIpc) is 2.84. The lowest BCUT2D eigenvalue weighted by atomic mass is 10.2. The summed E-state index contributed by atoms with van der Waals surface area (Å²) in [6, 6.07) is 1.39. The number of aliphatic hydroxyl groups excluding tert-OH is 1. The molecule has 7 heteroatoms. The van der Waals surface area contributed by atoms with E-state index < -0.39 is 0 Å². The second-order valence-electron chi connectivity index (χ2n) is 5.02. The summed E-state index contributed by atoms with van der Waals surface area (Å²) in [4.78, 5) is 20.9. The number of hydrogen-bond donors (Lipinski definition) is 2. The quantitative estimate of drug-likeness (QED) is 0.637. The molecule has 1 saturated carbocycles. The Balaban J connectivity index is 2.26. The van der Waals surface area contributed by atoms with E-state index in [4.69, 9.17) is 5.73 Å². The number of fused-ring (bicyclic) bond motifs is 1. The molecule has 2 heterocycles. The van der Waals surface area contributed by atoms with Crippen LogP contribution in [0.25, 0.3) is 11.0 Å². The maximum absolute atomic E-state index is 12.3. The van der Waals surface area contributed by atoms with Crippen molar-refractivity contribution in [3.05, 3.63) is 22.6 Å². The molecule has 2 aromatic heterocycles. The van der Waals surface area contributed by atoms with Gasteiger partial charge in [-0.25, -0.2) is 9.97 Å². The molecule has 0 bridgehead atoms. The number of nitrogens with zero attached hydrogens (tertiary/aromatic N) is 3. The molecule has 0 saturated heterocycles. The lowest BCUT2D eigenvalue weighted by molar-refractivity contribution is 0.178. The van der Waals surface area contributed by atoms with Gasteiger partial charge >= 0.3 is 0 Å². The summed E-state index contributed by atoms with van der Waals surface area (Å²) in [5.41, 5.74) is 6.69. The summed E-state index contributed by atoms with van der Waals surface area (Å²) >= 11 is 1.42. The van der Waals surface area contributed by atoms with Gasteiger partial charge in [-0.05, 0) is 25.5 Å². The summed E-state index contributed by atoms with van der Waals surface area (Å²) in [7, 11) is 0. The predicted molar refractivity (Wildman–Crippen MR) is 78.9 cm³/mol. The first-order chi connectivity index (χ1) is 9.60. The first kappa shape index (κ1) is 13.4. The first-order valence-electron chi connectivity index (χ1n) is 6.50. The second kappa shape index (κ2) is 5.06. The molecule has 1 aliphatic rings. The number of thioether (sulfide) groups is 1. The van der Waals surface area contributed by atoms with Crippen LogP contribution in [0.4, 0.5) is 5.69 Å². The Bertz CT molecular complexity index is 715. The third-order valence-electron chi connectivity index (χ3n) is 3.73. The standard InChI is InChI=1S/C13H16N4O2S/c1-20-13-15-6-9-10(14)5-11(19)17(12(9)16-13)7-2-3-8(18)4-7/h5-8,18H,2-4,14H2,1H3/t7-,8-/m1/s1. The predicted octanol–water partition coefficient (Wildman–Crippen LogP) is 1.18. The van der Waals surface area contributed by atoms with Crippen molar-refractivity contribution in [2.75, 3.05) is 12.0 Å². The van der Waals surface area contributed by atoms with Crippen molar-refractivity contribution in [1.29, 1.82) is 0 Å². The van der Waals surface area contributed by atoms with Crippen molar-refractivity contribution in [1.82, 2.24) is 14.5 Å². The Kier molecular flexibility index (Phi) is 3.39. The van der Waals surface area contributed by atoms with Crippen molar-refractivity contribution in [3.8, 4) is 0 Å². The summed E-state index contributed by atoms with van der Waals surface area (Å²) in [6.45, 7) is 0. The van der Waals surface area contributed by atoms with Gasteiger partial charge in [0.25, 0.3) is 5.56 Å². The van der Waals surface area contributed by atoms with Crippen molar-refractivity contribution in [3.63, 3.8) is 0 Å². The molecular weight excluding hydrogens is 276 g/mol. The normalized spacial score (nSPS) is 22.5. The molecule has 0 amide bonds. The highest BCUT2D eigenvalue weighted by Gasteiger charge is 2.27. The van der Waals surface area contributed by atoms with Crippen LogP contribution in [0.3, 0.4) is 0 Å². The van der Waals surface area contributed by atoms with Gasteiger partial charge in [0.2, 0.25) is 0 Å². The fourth-order valence-electron chi connectivity index (χ4n) is 2.75. The Labute approximate surface area is 120 Å². The number of aromatic nitrogens is 3. The minimum absolute atomic E-state index is 0.0230. The number of pyridine rings is 1. The SMILES string of the molecule is CSc1ncc2c(N)cc(=O)n([C@@H]3CC[C@@H](O)C3)c2n1. The van der Waals surface area contributed by atoms with Crippen LogP contribution in [0.1, 0.15) is 25.3 Å². The molecule has 2 atom stereocenters. The number of nitrogens with two attached hydrogens (primary N) is 1. The van der Waals surface area contributed by atoms with Gasteiger partial charge < -0.3 is 10.8 Å². The van der Waals surface area contributed by atoms with Crippen molar-refractivity contribution in [2.45, 2.75) is 36.6 Å². The zero-order valence-electron chi connectivity index (χ0n) is 11.1. The van der Waals surface area contributed by atoms with E-state index in [1.165, 1.54) is 17.8 Å². The Morgan fingerprint density at radius 2 is 2.30 bits per heavy atom. The number of nitrogen functional groups attached to an aromatic ring is 1. The van der Waals surface area contributed by atoms with Gasteiger partial charge in [0.15, 0.2) is 5.16 Å². The Hall–Kier alpha value is -1.60. The summed E-state index contributed by atoms with van der Waals surface area (Å²) in [6.07, 6.45) is 5.26. The van der Waals surface area contributed by atoms with Crippen LogP contribution >= 0.6 is 11.8 Å². The zero-order chi connectivity index (χ0) is 14.3. The molecule has 0 unspecified atom stereocenters. The molecule has 0 aliphatic heterocycles. The monoisotopic (exact) mass is 292 g/mol. The van der Waals surface area contributed by atoms with Crippen LogP contribution in [-0.4, -0.2) is 32.0 Å². The van der Waals surface area contributed by atoms with E-state index in [-0.39, 0.29) is 17.7 Å². The summed E-state index contributed by atoms with van der Waals surface area (Å²) < 4.78 is 1.66. The Morgan fingerprint density at radius 3 is 2.95 bits per heavy atom. The van der Waals surface area contributed by atoms with Gasteiger partial charge in [0.1, 0.15) is 5.65 Å². The van der Waals surface area contributed by atoms with E-state index in [1.807, 2.05) is 6.26 Å². The number of rotatable bonds is 2. The minimum Gasteiger partial charge on any atom is -0.398 e. The maximum atomic E-state index is 12.3. The lowest BCUT2D eigenvalue weighted by Gasteiger charge is -2.17. The summed E-state index contributed by atoms with van der Waals surface area (Å²) in [5, 5.41) is 11.0. The van der Waals surface area contributed by atoms with Gasteiger partial charge in [-0.3, -0.25) is 9.36 Å². The highest BCUT2D eigenvalue weighted by Crippen LogP contribution is 2.31. The maximum Gasteiger partial charge on any atom is 0.254 e. The van der Waals surface area contributed by atoms with E-state index in [0.717, 1.165) is 6.42 Å². The first-order valence-corrected chi connectivity index (χ1v) is 7.72. The van der Waals surface area contributed by atoms with Crippen LogP contribution in [0.15, 0.2) is 22.2 Å². The van der Waals surface area contributed by atoms with Crippen LogP contribution in [-0.2, 0) is 0 Å². The number of aliphatic hydroxyl groups is 1. The third kappa shape index (κ3) is 2.16.